The van der Waals surface area contributed by atoms with Crippen molar-refractivity contribution in [3.63, 3.8) is 0 Å². The highest BCUT2D eigenvalue weighted by atomic mass is 32.1. The van der Waals surface area contributed by atoms with Gasteiger partial charge in [-0.05, 0) is 31.2 Å². The molecule has 2 aromatic carbocycles. The molecule has 0 aliphatic rings. The molecule has 0 saturated heterocycles. The second kappa shape index (κ2) is 6.92. The monoisotopic (exact) mass is 378 g/mol. The van der Waals surface area contributed by atoms with Crippen LogP contribution in [0, 0.1) is 0 Å². The number of hydrogen-bond acceptors (Lipinski definition) is 5. The molecule has 0 unspecified atom stereocenters. The number of likely N-dealkylation sites (N-methyl/N-ethyl adjacent to an activating group) is 1. The van der Waals surface area contributed by atoms with Crippen LogP contribution in [-0.4, -0.2) is 32.4 Å². The zero-order valence-corrected chi connectivity index (χ0v) is 15.8. The summed E-state index contributed by atoms with van der Waals surface area (Å²) in [5.74, 6) is -0.166. The zero-order chi connectivity index (χ0) is 19.0. The van der Waals surface area contributed by atoms with Gasteiger partial charge < -0.3 is 4.90 Å². The molecule has 0 saturated carbocycles. The molecular formula is C20H18N4O2S. The second-order valence-corrected chi connectivity index (χ2v) is 7.46. The highest BCUT2D eigenvalue weighted by molar-refractivity contribution is 7.18. The highest BCUT2D eigenvalue weighted by Crippen LogP contribution is 2.28. The standard InChI is InChI=1S/C20H18N4O2S/c1-13(19-22-16-9-5-6-10-17(16)27-19)23(2)18(25)11-24-12-21-15-8-4-3-7-14(15)20(24)26/h3-10,12-13H,11H2,1-2H3/t13-/m0/s1. The van der Waals surface area contributed by atoms with E-state index in [-0.39, 0.29) is 24.1 Å². The molecule has 27 heavy (non-hydrogen) atoms. The van der Waals surface area contributed by atoms with Crippen LogP contribution in [0.1, 0.15) is 18.0 Å². The maximum absolute atomic E-state index is 12.7. The molecule has 1 amide bonds. The smallest absolute Gasteiger partial charge is 0.261 e. The van der Waals surface area contributed by atoms with Gasteiger partial charge in [0.25, 0.3) is 5.56 Å². The Hall–Kier alpha value is -3.06. The molecule has 136 valence electrons. The lowest BCUT2D eigenvalue weighted by molar-refractivity contribution is -0.132. The maximum atomic E-state index is 12.7. The maximum Gasteiger partial charge on any atom is 0.261 e. The molecule has 2 heterocycles. The third-order valence-corrected chi connectivity index (χ3v) is 5.89. The number of carbonyl (C=O) groups is 1. The van der Waals surface area contributed by atoms with E-state index in [4.69, 9.17) is 0 Å². The number of hydrogen-bond donors (Lipinski definition) is 0. The van der Waals surface area contributed by atoms with Gasteiger partial charge in [0.2, 0.25) is 5.91 Å². The first kappa shape index (κ1) is 17.4. The van der Waals surface area contributed by atoms with Gasteiger partial charge in [-0.3, -0.25) is 14.2 Å². The quantitative estimate of drug-likeness (QED) is 0.547. The normalized spacial score (nSPS) is 12.4. The number of nitrogens with zero attached hydrogens (tertiary/aromatic N) is 4. The SMILES string of the molecule is C[C@@H](c1nc2ccccc2s1)N(C)C(=O)Cn1cnc2ccccc2c1=O. The number of thiazole rings is 1. The molecule has 2 aromatic heterocycles. The number of rotatable bonds is 4. The van der Waals surface area contributed by atoms with E-state index in [1.165, 1.54) is 10.9 Å². The third kappa shape index (κ3) is 3.21. The Bertz CT molecular complexity index is 1160. The van der Waals surface area contributed by atoms with E-state index in [0.29, 0.717) is 10.9 Å². The van der Waals surface area contributed by atoms with Crippen molar-refractivity contribution in [2.24, 2.45) is 0 Å². The third-order valence-electron chi connectivity index (χ3n) is 4.68. The number of carbonyl (C=O) groups excluding carboxylic acids is 1. The number of amides is 1. The number of aromatic nitrogens is 3. The van der Waals surface area contributed by atoms with Gasteiger partial charge in [0.15, 0.2) is 0 Å². The first-order valence-electron chi connectivity index (χ1n) is 8.60. The summed E-state index contributed by atoms with van der Waals surface area (Å²) in [6.07, 6.45) is 1.43. The first-order chi connectivity index (χ1) is 13.0. The fourth-order valence-corrected chi connectivity index (χ4v) is 3.99. The summed E-state index contributed by atoms with van der Waals surface area (Å²) in [5.41, 5.74) is 1.34. The predicted molar refractivity (Wildman–Crippen MR) is 107 cm³/mol. The number of fused-ring (bicyclic) bond motifs is 2. The van der Waals surface area contributed by atoms with E-state index in [0.717, 1.165) is 15.2 Å². The van der Waals surface area contributed by atoms with Crippen LogP contribution in [0.5, 0.6) is 0 Å². The highest BCUT2D eigenvalue weighted by Gasteiger charge is 2.21. The van der Waals surface area contributed by atoms with Gasteiger partial charge in [0, 0.05) is 7.05 Å². The number of benzene rings is 2. The fraction of sp³-hybridized carbons (Fsp3) is 0.200. The Balaban J connectivity index is 1.57. The predicted octanol–water partition coefficient (Wildman–Crippen LogP) is 3.23. The van der Waals surface area contributed by atoms with Gasteiger partial charge in [0.1, 0.15) is 11.6 Å². The fourth-order valence-electron chi connectivity index (χ4n) is 2.93. The summed E-state index contributed by atoms with van der Waals surface area (Å²) < 4.78 is 2.45. The first-order valence-corrected chi connectivity index (χ1v) is 9.41. The molecular weight excluding hydrogens is 360 g/mol. The van der Waals surface area contributed by atoms with Crippen molar-refractivity contribution in [2.75, 3.05) is 7.05 Å². The summed E-state index contributed by atoms with van der Waals surface area (Å²) in [6, 6.07) is 14.8. The van der Waals surface area contributed by atoms with E-state index < -0.39 is 0 Å². The molecule has 0 aliphatic heterocycles. The van der Waals surface area contributed by atoms with Crippen LogP contribution < -0.4 is 5.56 Å². The average Bonchev–Trinajstić information content (AvgIpc) is 3.13. The molecule has 0 fully saturated rings. The Labute approximate surface area is 159 Å². The van der Waals surface area contributed by atoms with Gasteiger partial charge in [0.05, 0.1) is 33.5 Å². The topological polar surface area (TPSA) is 68.1 Å². The molecule has 0 bridgehead atoms. The molecule has 0 aliphatic carbocycles. The Kier molecular flexibility index (Phi) is 4.45. The van der Waals surface area contributed by atoms with Gasteiger partial charge in [-0.15, -0.1) is 11.3 Å². The summed E-state index contributed by atoms with van der Waals surface area (Å²) in [6.45, 7) is 1.89. The minimum absolute atomic E-state index is 0.0532. The van der Waals surface area contributed by atoms with Gasteiger partial charge in [-0.2, -0.15) is 0 Å². The summed E-state index contributed by atoms with van der Waals surface area (Å²) in [7, 11) is 1.73. The van der Waals surface area contributed by atoms with Crippen LogP contribution in [0.15, 0.2) is 59.7 Å². The van der Waals surface area contributed by atoms with Crippen molar-refractivity contribution in [3.05, 3.63) is 70.2 Å². The Morgan fingerprint density at radius 2 is 1.85 bits per heavy atom. The van der Waals surface area contributed by atoms with E-state index in [9.17, 15) is 9.59 Å². The van der Waals surface area contributed by atoms with Crippen LogP contribution in [-0.2, 0) is 11.3 Å². The summed E-state index contributed by atoms with van der Waals surface area (Å²) in [5, 5.41) is 1.38. The summed E-state index contributed by atoms with van der Waals surface area (Å²) in [4.78, 5) is 35.8. The molecule has 6 nitrogen and oxygen atoms in total. The molecule has 4 aromatic rings. The average molecular weight is 378 g/mol. The van der Waals surface area contributed by atoms with E-state index in [2.05, 4.69) is 9.97 Å². The Morgan fingerprint density at radius 3 is 2.63 bits per heavy atom. The van der Waals surface area contributed by atoms with Crippen LogP contribution in [0.25, 0.3) is 21.1 Å². The minimum Gasteiger partial charge on any atom is -0.335 e. The van der Waals surface area contributed by atoms with Crippen molar-refractivity contribution in [1.29, 1.82) is 0 Å². The molecule has 4 rings (SSSR count). The van der Waals surface area contributed by atoms with Crippen molar-refractivity contribution in [3.8, 4) is 0 Å². The van der Waals surface area contributed by atoms with Crippen LogP contribution in [0.4, 0.5) is 0 Å². The van der Waals surface area contributed by atoms with Crippen LogP contribution >= 0.6 is 11.3 Å². The van der Waals surface area contributed by atoms with E-state index >= 15 is 0 Å². The van der Waals surface area contributed by atoms with Crippen molar-refractivity contribution < 1.29 is 4.79 Å². The van der Waals surface area contributed by atoms with Gasteiger partial charge >= 0.3 is 0 Å². The van der Waals surface area contributed by atoms with Crippen LogP contribution in [0.2, 0.25) is 0 Å². The summed E-state index contributed by atoms with van der Waals surface area (Å²) >= 11 is 1.58. The zero-order valence-electron chi connectivity index (χ0n) is 15.0. The molecule has 7 heteroatoms. The number of para-hydroxylation sites is 2. The van der Waals surface area contributed by atoms with E-state index in [1.54, 1.807) is 41.5 Å². The lowest BCUT2D eigenvalue weighted by atomic mass is 10.2. The Morgan fingerprint density at radius 1 is 1.15 bits per heavy atom. The van der Waals surface area contributed by atoms with Gasteiger partial charge in [-0.25, -0.2) is 9.97 Å². The lowest BCUT2D eigenvalue weighted by Gasteiger charge is -2.23. The second-order valence-electron chi connectivity index (χ2n) is 6.40. The molecule has 0 spiro atoms. The van der Waals surface area contributed by atoms with Crippen molar-refractivity contribution in [2.45, 2.75) is 19.5 Å². The van der Waals surface area contributed by atoms with Crippen molar-refractivity contribution >= 4 is 38.4 Å². The van der Waals surface area contributed by atoms with Crippen molar-refractivity contribution in [1.82, 2.24) is 19.4 Å². The molecule has 1 atom stereocenters. The molecule has 0 N–H and O–H groups in total. The lowest BCUT2D eigenvalue weighted by Crippen LogP contribution is -2.35. The van der Waals surface area contributed by atoms with Gasteiger partial charge in [-0.1, -0.05) is 24.3 Å². The largest absolute Gasteiger partial charge is 0.335 e. The minimum atomic E-state index is -0.213. The molecule has 0 radical (unpaired) electrons. The van der Waals surface area contributed by atoms with Crippen LogP contribution in [0.3, 0.4) is 0 Å². The van der Waals surface area contributed by atoms with E-state index in [1.807, 2.05) is 37.3 Å².